The summed E-state index contributed by atoms with van der Waals surface area (Å²) >= 11 is 0. The number of hydrogen-bond acceptors (Lipinski definition) is 4. The number of aromatic hydroxyl groups is 1. The summed E-state index contributed by atoms with van der Waals surface area (Å²) in [7, 11) is 4.88. The summed E-state index contributed by atoms with van der Waals surface area (Å²) in [4.78, 5) is 0. The van der Waals surface area contributed by atoms with E-state index in [-0.39, 0.29) is 11.7 Å². The quantitative estimate of drug-likeness (QED) is 0.718. The zero-order valence-electron chi connectivity index (χ0n) is 15.3. The van der Waals surface area contributed by atoms with Gasteiger partial charge in [0.1, 0.15) is 11.5 Å². The van der Waals surface area contributed by atoms with Crippen LogP contribution in [0, 0.1) is 0 Å². The van der Waals surface area contributed by atoms with E-state index in [0.717, 1.165) is 34.6 Å². The Kier molecular flexibility index (Phi) is 6.34. The smallest absolute Gasteiger partial charge is 0.160 e. The predicted molar refractivity (Wildman–Crippen MR) is 100 cm³/mol. The van der Waals surface area contributed by atoms with Crippen LogP contribution in [0.1, 0.15) is 29.5 Å². The molecule has 4 nitrogen and oxygen atoms in total. The van der Waals surface area contributed by atoms with Crippen molar-refractivity contribution in [1.29, 1.82) is 0 Å². The van der Waals surface area contributed by atoms with Gasteiger partial charge in [-0.05, 0) is 53.6 Å². The van der Waals surface area contributed by atoms with E-state index in [1.165, 1.54) is 0 Å². The third-order valence-electron chi connectivity index (χ3n) is 4.32. The van der Waals surface area contributed by atoms with E-state index in [9.17, 15) is 5.11 Å². The molecule has 1 atom stereocenters. The van der Waals surface area contributed by atoms with Crippen molar-refractivity contribution in [2.24, 2.45) is 0 Å². The number of methoxy groups -OCH3 is 3. The van der Waals surface area contributed by atoms with Crippen molar-refractivity contribution in [1.82, 2.24) is 0 Å². The summed E-state index contributed by atoms with van der Waals surface area (Å²) in [6, 6.07) is 9.63. The third kappa shape index (κ3) is 4.27. The van der Waals surface area contributed by atoms with Crippen LogP contribution in [0.2, 0.25) is 0 Å². The second-order valence-electron chi connectivity index (χ2n) is 6.01. The van der Waals surface area contributed by atoms with Gasteiger partial charge in [-0.25, -0.2) is 0 Å². The number of allylic oxidation sites excluding steroid dienone is 1. The van der Waals surface area contributed by atoms with Crippen LogP contribution < -0.4 is 14.2 Å². The van der Waals surface area contributed by atoms with Crippen LogP contribution in [0.4, 0.5) is 0 Å². The molecule has 2 rings (SSSR count). The van der Waals surface area contributed by atoms with Crippen molar-refractivity contribution in [2.75, 3.05) is 21.3 Å². The second-order valence-corrected chi connectivity index (χ2v) is 6.01. The van der Waals surface area contributed by atoms with Crippen LogP contribution in [-0.2, 0) is 12.8 Å². The highest BCUT2D eigenvalue weighted by Crippen LogP contribution is 2.36. The molecule has 0 saturated heterocycles. The van der Waals surface area contributed by atoms with Gasteiger partial charge in [0.2, 0.25) is 0 Å². The minimum atomic E-state index is 0.206. The van der Waals surface area contributed by atoms with Gasteiger partial charge < -0.3 is 19.3 Å². The molecular formula is C21H26O4. The van der Waals surface area contributed by atoms with E-state index in [0.29, 0.717) is 12.2 Å². The van der Waals surface area contributed by atoms with Gasteiger partial charge in [0.05, 0.1) is 21.3 Å². The minimum Gasteiger partial charge on any atom is -0.508 e. The van der Waals surface area contributed by atoms with E-state index in [4.69, 9.17) is 14.2 Å². The Labute approximate surface area is 149 Å². The number of benzene rings is 2. The topological polar surface area (TPSA) is 47.9 Å². The van der Waals surface area contributed by atoms with Crippen molar-refractivity contribution in [3.63, 3.8) is 0 Å². The first-order valence-corrected chi connectivity index (χ1v) is 8.25. The average molecular weight is 342 g/mol. The van der Waals surface area contributed by atoms with Gasteiger partial charge in [0.25, 0.3) is 0 Å². The highest BCUT2D eigenvalue weighted by atomic mass is 16.5. The van der Waals surface area contributed by atoms with Gasteiger partial charge in [0.15, 0.2) is 11.5 Å². The summed E-state index contributed by atoms with van der Waals surface area (Å²) < 4.78 is 16.1. The molecule has 0 fully saturated rings. The molecule has 0 radical (unpaired) electrons. The molecule has 0 aliphatic rings. The zero-order valence-corrected chi connectivity index (χ0v) is 15.3. The third-order valence-corrected chi connectivity index (χ3v) is 4.32. The van der Waals surface area contributed by atoms with E-state index in [2.05, 4.69) is 13.5 Å². The monoisotopic (exact) mass is 342 g/mol. The molecule has 0 spiro atoms. The van der Waals surface area contributed by atoms with E-state index in [1.807, 2.05) is 24.3 Å². The Morgan fingerprint density at radius 3 is 2.28 bits per heavy atom. The van der Waals surface area contributed by atoms with Crippen molar-refractivity contribution in [2.45, 2.75) is 25.7 Å². The molecule has 0 amide bonds. The van der Waals surface area contributed by atoms with Crippen molar-refractivity contribution in [3.05, 3.63) is 59.7 Å². The summed E-state index contributed by atoms with van der Waals surface area (Å²) in [6.45, 7) is 5.89. The zero-order chi connectivity index (χ0) is 18.4. The molecule has 1 N–H and O–H groups in total. The maximum absolute atomic E-state index is 10.1. The second kappa shape index (κ2) is 8.47. The molecule has 0 unspecified atom stereocenters. The Morgan fingerprint density at radius 2 is 1.68 bits per heavy atom. The number of ether oxygens (including phenoxy) is 3. The van der Waals surface area contributed by atoms with Crippen LogP contribution in [0.25, 0.3) is 0 Å². The molecule has 25 heavy (non-hydrogen) atoms. The molecule has 134 valence electrons. The molecule has 2 aromatic rings. The van der Waals surface area contributed by atoms with Gasteiger partial charge in [-0.1, -0.05) is 19.1 Å². The molecule has 4 heteroatoms. The number of phenols is 1. The highest BCUT2D eigenvalue weighted by Gasteiger charge is 2.16. The Morgan fingerprint density at radius 1 is 1.00 bits per heavy atom. The Hall–Kier alpha value is -2.62. The molecule has 0 aliphatic heterocycles. The maximum Gasteiger partial charge on any atom is 0.160 e. The summed E-state index contributed by atoms with van der Waals surface area (Å²) in [5.41, 5.74) is 3.06. The first-order chi connectivity index (χ1) is 12.0. The number of hydrogen-bond donors (Lipinski definition) is 1. The lowest BCUT2D eigenvalue weighted by Crippen LogP contribution is -2.03. The Balaban J connectivity index is 2.32. The highest BCUT2D eigenvalue weighted by molar-refractivity contribution is 5.49. The molecule has 0 heterocycles. The lowest BCUT2D eigenvalue weighted by atomic mass is 9.91. The predicted octanol–water partition coefficient (Wildman–Crippen LogP) is 4.49. The van der Waals surface area contributed by atoms with Gasteiger partial charge >= 0.3 is 0 Å². The van der Waals surface area contributed by atoms with Crippen LogP contribution in [0.5, 0.6) is 23.0 Å². The van der Waals surface area contributed by atoms with Gasteiger partial charge in [-0.2, -0.15) is 0 Å². The molecule has 2 aromatic carbocycles. The van der Waals surface area contributed by atoms with Crippen molar-refractivity contribution >= 4 is 0 Å². The van der Waals surface area contributed by atoms with E-state index >= 15 is 0 Å². The number of rotatable bonds is 8. The fourth-order valence-corrected chi connectivity index (χ4v) is 2.98. The summed E-state index contributed by atoms with van der Waals surface area (Å²) in [5.74, 6) is 2.57. The molecule has 0 aromatic heterocycles. The van der Waals surface area contributed by atoms with Crippen molar-refractivity contribution in [3.8, 4) is 23.0 Å². The fraction of sp³-hybridized carbons (Fsp3) is 0.333. The van der Waals surface area contributed by atoms with Gasteiger partial charge in [-0.15, -0.1) is 6.58 Å². The normalized spacial score (nSPS) is 11.7. The van der Waals surface area contributed by atoms with Crippen LogP contribution in [0.3, 0.4) is 0 Å². The first kappa shape index (κ1) is 18.7. The van der Waals surface area contributed by atoms with Crippen LogP contribution in [-0.4, -0.2) is 26.4 Å². The number of phenolic OH excluding ortho intramolecular Hbond substituents is 1. The summed E-state index contributed by atoms with van der Waals surface area (Å²) in [6.07, 6.45) is 3.21. The molecular weight excluding hydrogens is 316 g/mol. The largest absolute Gasteiger partial charge is 0.508 e. The molecule has 0 bridgehead atoms. The summed E-state index contributed by atoms with van der Waals surface area (Å²) in [5, 5.41) is 10.1. The van der Waals surface area contributed by atoms with Gasteiger partial charge in [-0.3, -0.25) is 0 Å². The molecule has 0 saturated carbocycles. The Bertz CT molecular complexity index is 737. The van der Waals surface area contributed by atoms with E-state index < -0.39 is 0 Å². The van der Waals surface area contributed by atoms with Gasteiger partial charge in [0, 0.05) is 6.07 Å². The average Bonchev–Trinajstić information content (AvgIpc) is 2.62. The standard InChI is InChI=1S/C21H26O4/c1-6-7-16-12-17(20(24-4)13-18(16)22)14(2)10-15-8-9-19(23-3)21(11-15)25-5/h6,8-9,11-14,22H,1,7,10H2,2-5H3/t14-/m1/s1. The van der Waals surface area contributed by atoms with E-state index in [1.54, 1.807) is 33.5 Å². The lowest BCUT2D eigenvalue weighted by molar-refractivity contribution is 0.354. The SMILES string of the molecule is C=CCc1cc([C@H](C)Cc2ccc(OC)c(OC)c2)c(OC)cc1O. The van der Waals surface area contributed by atoms with Crippen molar-refractivity contribution < 1.29 is 19.3 Å². The maximum atomic E-state index is 10.1. The lowest BCUT2D eigenvalue weighted by Gasteiger charge is -2.18. The fourth-order valence-electron chi connectivity index (χ4n) is 2.98. The van der Waals surface area contributed by atoms with Crippen LogP contribution in [0.15, 0.2) is 43.0 Å². The van der Waals surface area contributed by atoms with Crippen LogP contribution >= 0.6 is 0 Å². The minimum absolute atomic E-state index is 0.206. The molecule has 0 aliphatic carbocycles. The first-order valence-electron chi connectivity index (χ1n) is 8.25.